The van der Waals surface area contributed by atoms with Crippen molar-refractivity contribution < 1.29 is 4.79 Å². The van der Waals surface area contributed by atoms with Crippen LogP contribution in [0, 0.1) is 0 Å². The molecule has 5 nitrogen and oxygen atoms in total. The first kappa shape index (κ1) is 16.5. The zero-order valence-corrected chi connectivity index (χ0v) is 14.7. The second kappa shape index (κ2) is 7.45. The number of halogens is 1. The summed E-state index contributed by atoms with van der Waals surface area (Å²) in [5.41, 5.74) is 2.31. The van der Waals surface area contributed by atoms with E-state index < -0.39 is 0 Å². The normalized spacial score (nSPS) is 10.5. The monoisotopic (exact) mass is 364 g/mol. The third kappa shape index (κ3) is 3.68. The average Bonchev–Trinajstić information content (AvgIpc) is 2.91. The fourth-order valence-corrected chi connectivity index (χ4v) is 2.74. The van der Waals surface area contributed by atoms with Crippen molar-refractivity contribution in [2.75, 3.05) is 23.3 Å². The lowest BCUT2D eigenvalue weighted by molar-refractivity contribution is 0.102. The minimum atomic E-state index is -0.213. The highest BCUT2D eigenvalue weighted by Gasteiger charge is 2.15. The van der Waals surface area contributed by atoms with Crippen LogP contribution in [0.4, 0.5) is 11.4 Å². The molecule has 6 heteroatoms. The number of carbonyl (C=O) groups excluding carboxylic acids is 1. The molecule has 0 bridgehead atoms. The number of anilines is 2. The van der Waals surface area contributed by atoms with Crippen molar-refractivity contribution in [3.05, 3.63) is 40.6 Å². The molecular formula is C16H21BrN4O. The fourth-order valence-electron chi connectivity index (χ4n) is 2.25. The number of benzene rings is 1. The molecule has 0 spiro atoms. The smallest absolute Gasteiger partial charge is 0.277 e. The largest absolute Gasteiger partial charge is 0.372 e. The van der Waals surface area contributed by atoms with Gasteiger partial charge in [0, 0.05) is 37.2 Å². The number of aromatic nitrogens is 2. The van der Waals surface area contributed by atoms with Gasteiger partial charge < -0.3 is 10.2 Å². The molecule has 0 aliphatic heterocycles. The molecule has 0 radical (unpaired) electrons. The van der Waals surface area contributed by atoms with E-state index in [-0.39, 0.29) is 5.91 Å². The molecule has 0 saturated heterocycles. The minimum Gasteiger partial charge on any atom is -0.372 e. The van der Waals surface area contributed by atoms with E-state index in [9.17, 15) is 4.79 Å². The molecule has 1 amide bonds. The first-order valence-electron chi connectivity index (χ1n) is 7.48. The summed E-state index contributed by atoms with van der Waals surface area (Å²) in [4.78, 5) is 14.5. The third-order valence-corrected chi connectivity index (χ3v) is 4.09. The lowest BCUT2D eigenvalue weighted by atomic mass is 10.2. The Bertz CT molecular complexity index is 632. The maximum Gasteiger partial charge on any atom is 0.277 e. The molecule has 1 aromatic carbocycles. The summed E-state index contributed by atoms with van der Waals surface area (Å²) in [6, 6.07) is 7.86. The Labute approximate surface area is 139 Å². The Hall–Kier alpha value is -1.82. The van der Waals surface area contributed by atoms with Gasteiger partial charge in [-0.2, -0.15) is 5.10 Å². The summed E-state index contributed by atoms with van der Waals surface area (Å²) >= 11 is 3.37. The van der Waals surface area contributed by atoms with Gasteiger partial charge in [0.1, 0.15) is 0 Å². The van der Waals surface area contributed by atoms with Crippen LogP contribution in [-0.4, -0.2) is 28.8 Å². The van der Waals surface area contributed by atoms with E-state index in [1.54, 1.807) is 10.9 Å². The number of aryl methyl sites for hydroxylation is 1. The van der Waals surface area contributed by atoms with E-state index in [0.29, 0.717) is 10.2 Å². The summed E-state index contributed by atoms with van der Waals surface area (Å²) in [6.07, 6.45) is 1.80. The molecule has 0 atom stereocenters. The first-order valence-corrected chi connectivity index (χ1v) is 8.27. The maximum absolute atomic E-state index is 12.3. The SMILES string of the molecule is CCN(CC)c1ccc(NC(=O)c2nn(CC)cc2Br)cc1. The molecule has 22 heavy (non-hydrogen) atoms. The second-order valence-corrected chi connectivity index (χ2v) is 5.71. The van der Waals surface area contributed by atoms with Crippen molar-refractivity contribution in [3.63, 3.8) is 0 Å². The minimum absolute atomic E-state index is 0.213. The van der Waals surface area contributed by atoms with Crippen LogP contribution in [-0.2, 0) is 6.54 Å². The Balaban J connectivity index is 2.10. The lowest BCUT2D eigenvalue weighted by Crippen LogP contribution is -2.21. The van der Waals surface area contributed by atoms with E-state index in [2.05, 4.69) is 45.1 Å². The maximum atomic E-state index is 12.3. The van der Waals surface area contributed by atoms with Gasteiger partial charge in [-0.25, -0.2) is 0 Å². The summed E-state index contributed by atoms with van der Waals surface area (Å²) in [5.74, 6) is -0.213. The third-order valence-electron chi connectivity index (χ3n) is 3.51. The van der Waals surface area contributed by atoms with Crippen LogP contribution in [0.2, 0.25) is 0 Å². The topological polar surface area (TPSA) is 50.2 Å². The zero-order chi connectivity index (χ0) is 16.1. The van der Waals surface area contributed by atoms with Crippen LogP contribution < -0.4 is 10.2 Å². The lowest BCUT2D eigenvalue weighted by Gasteiger charge is -2.21. The Kier molecular flexibility index (Phi) is 5.60. The number of hydrogen-bond donors (Lipinski definition) is 1. The molecule has 0 aliphatic carbocycles. The van der Waals surface area contributed by atoms with E-state index >= 15 is 0 Å². The highest BCUT2D eigenvalue weighted by atomic mass is 79.9. The van der Waals surface area contributed by atoms with E-state index in [1.807, 2.05) is 31.2 Å². The van der Waals surface area contributed by atoms with Gasteiger partial charge in [-0.1, -0.05) is 0 Å². The number of nitrogens with zero attached hydrogens (tertiary/aromatic N) is 3. The molecule has 1 aromatic heterocycles. The number of amides is 1. The predicted octanol–water partition coefficient (Wildman–Crippen LogP) is 3.76. The van der Waals surface area contributed by atoms with Crippen molar-refractivity contribution in [2.24, 2.45) is 0 Å². The molecule has 0 saturated carbocycles. The van der Waals surface area contributed by atoms with Gasteiger partial charge in [0.05, 0.1) is 4.47 Å². The highest BCUT2D eigenvalue weighted by molar-refractivity contribution is 9.10. The van der Waals surface area contributed by atoms with Gasteiger partial charge in [0.15, 0.2) is 5.69 Å². The van der Waals surface area contributed by atoms with Crippen LogP contribution in [0.25, 0.3) is 0 Å². The van der Waals surface area contributed by atoms with Crippen molar-refractivity contribution in [1.29, 1.82) is 0 Å². The molecule has 0 aliphatic rings. The van der Waals surface area contributed by atoms with Crippen LogP contribution >= 0.6 is 15.9 Å². The molecule has 1 N–H and O–H groups in total. The Morgan fingerprint density at radius 1 is 1.23 bits per heavy atom. The van der Waals surface area contributed by atoms with E-state index in [1.165, 1.54) is 0 Å². The van der Waals surface area contributed by atoms with Gasteiger partial charge >= 0.3 is 0 Å². The van der Waals surface area contributed by atoms with Gasteiger partial charge in [-0.15, -0.1) is 0 Å². The van der Waals surface area contributed by atoms with E-state index in [0.717, 1.165) is 31.0 Å². The first-order chi connectivity index (χ1) is 10.6. The van der Waals surface area contributed by atoms with Gasteiger partial charge in [0.25, 0.3) is 5.91 Å². The fraction of sp³-hybridized carbons (Fsp3) is 0.375. The van der Waals surface area contributed by atoms with Crippen LogP contribution in [0.3, 0.4) is 0 Å². The molecule has 1 heterocycles. The highest BCUT2D eigenvalue weighted by Crippen LogP contribution is 2.20. The molecule has 0 unspecified atom stereocenters. The Morgan fingerprint density at radius 2 is 1.86 bits per heavy atom. The van der Waals surface area contributed by atoms with Crippen LogP contribution in [0.1, 0.15) is 31.3 Å². The van der Waals surface area contributed by atoms with Crippen LogP contribution in [0.5, 0.6) is 0 Å². The molecule has 118 valence electrons. The van der Waals surface area contributed by atoms with Crippen LogP contribution in [0.15, 0.2) is 34.9 Å². The summed E-state index contributed by atoms with van der Waals surface area (Å²) < 4.78 is 2.43. The quantitative estimate of drug-likeness (QED) is 0.848. The van der Waals surface area contributed by atoms with Gasteiger partial charge in [-0.05, 0) is 61.0 Å². The molecule has 2 aromatic rings. The zero-order valence-electron chi connectivity index (χ0n) is 13.1. The Morgan fingerprint density at radius 3 is 2.36 bits per heavy atom. The van der Waals surface area contributed by atoms with Gasteiger partial charge in [-0.3, -0.25) is 9.48 Å². The number of carbonyl (C=O) groups is 1. The van der Waals surface area contributed by atoms with Gasteiger partial charge in [0.2, 0.25) is 0 Å². The van der Waals surface area contributed by atoms with Crippen molar-refractivity contribution in [2.45, 2.75) is 27.3 Å². The van der Waals surface area contributed by atoms with E-state index in [4.69, 9.17) is 0 Å². The summed E-state index contributed by atoms with van der Waals surface area (Å²) in [6.45, 7) is 8.88. The standard InChI is InChI=1S/C16H21BrN4O/c1-4-20(5-2)13-9-7-12(8-10-13)18-16(22)15-14(17)11-21(6-3)19-15/h7-11H,4-6H2,1-3H3,(H,18,22). The second-order valence-electron chi connectivity index (χ2n) is 4.85. The number of rotatable bonds is 6. The number of hydrogen-bond acceptors (Lipinski definition) is 3. The van der Waals surface area contributed by atoms with Crippen molar-refractivity contribution in [3.8, 4) is 0 Å². The number of nitrogens with one attached hydrogen (secondary N) is 1. The van der Waals surface area contributed by atoms with Crippen molar-refractivity contribution in [1.82, 2.24) is 9.78 Å². The average molecular weight is 365 g/mol. The predicted molar refractivity (Wildman–Crippen MR) is 93.6 cm³/mol. The molecular weight excluding hydrogens is 344 g/mol. The molecule has 2 rings (SSSR count). The molecule has 0 fully saturated rings. The summed E-state index contributed by atoms with van der Waals surface area (Å²) in [7, 11) is 0. The van der Waals surface area contributed by atoms with Crippen molar-refractivity contribution >= 4 is 33.2 Å². The summed E-state index contributed by atoms with van der Waals surface area (Å²) in [5, 5.41) is 7.12.